The van der Waals surface area contributed by atoms with E-state index < -0.39 is 5.97 Å². The molecule has 0 bridgehead atoms. The summed E-state index contributed by atoms with van der Waals surface area (Å²) in [5.41, 5.74) is 11.0. The molecule has 5 heterocycles. The average Bonchev–Trinajstić information content (AvgIpc) is 3.85. The van der Waals surface area contributed by atoms with Crippen molar-refractivity contribution in [3.8, 4) is 0 Å². The third-order valence-electron chi connectivity index (χ3n) is 7.94. The number of piperidine rings is 1. The van der Waals surface area contributed by atoms with E-state index in [4.69, 9.17) is 22.4 Å². The second-order valence-electron chi connectivity index (χ2n) is 11.6. The number of hydrogen-bond donors (Lipinski definition) is 4. The molecule has 0 unspecified atom stereocenters. The minimum absolute atomic E-state index is 0.109. The summed E-state index contributed by atoms with van der Waals surface area (Å²) in [4.78, 5) is 33.5. The number of nitrogens with one attached hydrogen (secondary N) is 2. The molecule has 1 aliphatic heterocycles. The van der Waals surface area contributed by atoms with Gasteiger partial charge < -0.3 is 26.0 Å². The first-order valence-electron chi connectivity index (χ1n) is 15.4. The second-order valence-corrected chi connectivity index (χ2v) is 12.9. The van der Waals surface area contributed by atoms with Crippen LogP contribution in [0.15, 0.2) is 90.2 Å². The number of hydrogen-bond acceptors (Lipinski definition) is 7. The molecule has 0 aliphatic carbocycles. The monoisotopic (exact) mass is 747 g/mol. The van der Waals surface area contributed by atoms with Crippen LogP contribution < -0.4 is 16.0 Å². The van der Waals surface area contributed by atoms with Gasteiger partial charge in [-0.2, -0.15) is 10.2 Å². The highest BCUT2D eigenvalue weighted by atomic mass is 79.9. The lowest BCUT2D eigenvalue weighted by molar-refractivity contribution is 0.0696. The summed E-state index contributed by atoms with van der Waals surface area (Å²) in [6, 6.07) is 13.7. The fourth-order valence-corrected chi connectivity index (χ4v) is 6.23. The standard InChI is InChI=1S/C23H23BrFN7O.C11H9ClN2O2/c24-18-9-27-22-20(21(18)31-7-1-2-17(26)13-31)19(10-28-22)30-23(33)15-8-29-32(12-15)11-14-3-5-16(25)6-4-14;12-10-3-1-8(2-4-10)6-14-7-9(5-13-14)11(15)16/h3-6,8-10,12,17H,1-2,7,11,13,26H2,(H,27,28)(H,30,33);1-5,7H,6H2,(H,15,16)/t17-;/m1./s1. The van der Waals surface area contributed by atoms with Gasteiger partial charge in [-0.05, 0) is 64.2 Å². The number of carboxylic acids is 1. The number of aromatic amines is 1. The molecule has 1 aliphatic rings. The van der Waals surface area contributed by atoms with Crippen molar-refractivity contribution in [2.75, 3.05) is 23.3 Å². The molecule has 7 rings (SSSR count). The van der Waals surface area contributed by atoms with E-state index in [9.17, 15) is 14.0 Å². The van der Waals surface area contributed by atoms with Gasteiger partial charge in [0.2, 0.25) is 0 Å². The Morgan fingerprint density at radius 1 is 1.00 bits per heavy atom. The number of pyridine rings is 1. The molecular weight excluding hydrogens is 717 g/mol. The van der Waals surface area contributed by atoms with Crippen LogP contribution in [0.25, 0.3) is 11.0 Å². The second kappa shape index (κ2) is 15.0. The van der Waals surface area contributed by atoms with Crippen LogP contribution in [-0.4, -0.2) is 65.6 Å². The van der Waals surface area contributed by atoms with Crippen molar-refractivity contribution >= 4 is 61.8 Å². The Bertz CT molecular complexity index is 2080. The SMILES string of the molecule is N[C@@H]1CCCN(c2c(Br)cnc3[nH]cc(NC(=O)c4cnn(Cc5ccc(F)cc5)c4)c23)C1.O=C(O)c1cnn(Cc2ccc(Cl)cc2)c1. The van der Waals surface area contributed by atoms with Gasteiger partial charge in [-0.25, -0.2) is 14.2 Å². The van der Waals surface area contributed by atoms with Crippen molar-refractivity contribution in [1.29, 1.82) is 0 Å². The minimum Gasteiger partial charge on any atom is -0.478 e. The molecule has 1 saturated heterocycles. The smallest absolute Gasteiger partial charge is 0.338 e. The van der Waals surface area contributed by atoms with Gasteiger partial charge in [-0.15, -0.1) is 0 Å². The highest BCUT2D eigenvalue weighted by molar-refractivity contribution is 9.10. The first-order valence-corrected chi connectivity index (χ1v) is 16.5. The van der Waals surface area contributed by atoms with Crippen molar-refractivity contribution in [2.45, 2.75) is 32.0 Å². The van der Waals surface area contributed by atoms with E-state index in [0.29, 0.717) is 35.0 Å². The summed E-state index contributed by atoms with van der Waals surface area (Å²) in [5, 5.41) is 21.5. The fourth-order valence-electron chi connectivity index (χ4n) is 5.55. The number of fused-ring (bicyclic) bond motifs is 1. The summed E-state index contributed by atoms with van der Waals surface area (Å²) in [7, 11) is 0. The highest BCUT2D eigenvalue weighted by Gasteiger charge is 2.24. The molecule has 0 spiro atoms. The lowest BCUT2D eigenvalue weighted by Crippen LogP contribution is -2.43. The fraction of sp³-hybridized carbons (Fsp3) is 0.206. The molecule has 1 fully saturated rings. The van der Waals surface area contributed by atoms with Gasteiger partial charge in [-0.1, -0.05) is 35.9 Å². The molecule has 1 atom stereocenters. The van der Waals surface area contributed by atoms with Crippen molar-refractivity contribution in [1.82, 2.24) is 29.5 Å². The van der Waals surface area contributed by atoms with Crippen LogP contribution in [0.5, 0.6) is 0 Å². The van der Waals surface area contributed by atoms with Crippen molar-refractivity contribution in [3.63, 3.8) is 0 Å². The molecule has 5 N–H and O–H groups in total. The van der Waals surface area contributed by atoms with Gasteiger partial charge >= 0.3 is 5.97 Å². The van der Waals surface area contributed by atoms with Crippen LogP contribution in [0.3, 0.4) is 0 Å². The van der Waals surface area contributed by atoms with Crippen LogP contribution in [-0.2, 0) is 13.1 Å². The number of carbonyl (C=O) groups excluding carboxylic acids is 1. The third kappa shape index (κ3) is 8.34. The van der Waals surface area contributed by atoms with Gasteiger partial charge in [0.15, 0.2) is 0 Å². The highest BCUT2D eigenvalue weighted by Crippen LogP contribution is 2.39. The number of aromatic nitrogens is 6. The Morgan fingerprint density at radius 2 is 1.63 bits per heavy atom. The number of carbonyl (C=O) groups is 2. The lowest BCUT2D eigenvalue weighted by Gasteiger charge is -2.33. The number of amides is 1. The van der Waals surface area contributed by atoms with Gasteiger partial charge in [0, 0.05) is 48.9 Å². The number of H-pyrrole nitrogens is 1. The Labute approximate surface area is 293 Å². The van der Waals surface area contributed by atoms with Crippen LogP contribution in [0.4, 0.5) is 15.8 Å². The van der Waals surface area contributed by atoms with Crippen LogP contribution in [0, 0.1) is 5.82 Å². The summed E-state index contributed by atoms with van der Waals surface area (Å²) < 4.78 is 17.2. The van der Waals surface area contributed by atoms with E-state index >= 15 is 0 Å². The summed E-state index contributed by atoms with van der Waals surface area (Å²) in [6.45, 7) is 2.61. The quantitative estimate of drug-likeness (QED) is 0.144. The van der Waals surface area contributed by atoms with E-state index in [1.54, 1.807) is 52.2 Å². The minimum atomic E-state index is -0.970. The van der Waals surface area contributed by atoms with Gasteiger partial charge in [0.05, 0.1) is 57.8 Å². The zero-order valence-corrected chi connectivity index (χ0v) is 28.4. The molecule has 15 heteroatoms. The number of aromatic carboxylic acids is 1. The number of nitrogens with zero attached hydrogens (tertiary/aromatic N) is 6. The molecule has 0 saturated carbocycles. The molecule has 4 aromatic heterocycles. The Kier molecular flexibility index (Phi) is 10.4. The molecular formula is C34H32BrClFN9O3. The summed E-state index contributed by atoms with van der Waals surface area (Å²) >= 11 is 9.39. The first-order chi connectivity index (χ1) is 23.6. The maximum absolute atomic E-state index is 13.1. The molecule has 6 aromatic rings. The zero-order valence-electron chi connectivity index (χ0n) is 26.1. The van der Waals surface area contributed by atoms with Crippen molar-refractivity contribution in [2.24, 2.45) is 5.73 Å². The predicted molar refractivity (Wildman–Crippen MR) is 189 cm³/mol. The zero-order chi connectivity index (χ0) is 34.5. The average molecular weight is 749 g/mol. The van der Waals surface area contributed by atoms with E-state index in [1.807, 2.05) is 12.1 Å². The molecule has 2 aromatic carbocycles. The molecule has 12 nitrogen and oxygen atoms in total. The van der Waals surface area contributed by atoms with E-state index in [-0.39, 0.29) is 23.3 Å². The Morgan fingerprint density at radius 3 is 2.27 bits per heavy atom. The topological polar surface area (TPSA) is 160 Å². The summed E-state index contributed by atoms with van der Waals surface area (Å²) in [6.07, 6.45) is 11.5. The third-order valence-corrected chi connectivity index (χ3v) is 8.78. The first kappa shape index (κ1) is 33.8. The van der Waals surface area contributed by atoms with Crippen LogP contribution in [0.1, 0.15) is 44.7 Å². The number of nitrogens with two attached hydrogens (primary N) is 1. The van der Waals surface area contributed by atoms with E-state index in [2.05, 4.69) is 46.3 Å². The molecule has 0 radical (unpaired) electrons. The summed E-state index contributed by atoms with van der Waals surface area (Å²) in [5.74, 6) is -1.53. The maximum atomic E-state index is 13.1. The van der Waals surface area contributed by atoms with Crippen molar-refractivity contribution in [3.05, 3.63) is 123 Å². The number of anilines is 2. The molecule has 1 amide bonds. The van der Waals surface area contributed by atoms with Crippen LogP contribution in [0.2, 0.25) is 5.02 Å². The van der Waals surface area contributed by atoms with E-state index in [0.717, 1.165) is 52.6 Å². The number of benzene rings is 2. The van der Waals surface area contributed by atoms with Gasteiger partial charge in [0.25, 0.3) is 5.91 Å². The molecule has 252 valence electrons. The number of rotatable bonds is 8. The van der Waals surface area contributed by atoms with Gasteiger partial charge in [0.1, 0.15) is 11.5 Å². The molecule has 49 heavy (non-hydrogen) atoms. The largest absolute Gasteiger partial charge is 0.478 e. The Balaban J connectivity index is 0.000000218. The van der Waals surface area contributed by atoms with Gasteiger partial charge in [-0.3, -0.25) is 14.2 Å². The van der Waals surface area contributed by atoms with E-state index in [1.165, 1.54) is 30.7 Å². The predicted octanol–water partition coefficient (Wildman–Crippen LogP) is 6.17. The van der Waals surface area contributed by atoms with Crippen molar-refractivity contribution < 1.29 is 19.1 Å². The Hall–Kier alpha value is -5.05. The maximum Gasteiger partial charge on any atom is 0.338 e. The van der Waals surface area contributed by atoms with Crippen LogP contribution >= 0.6 is 27.5 Å². The number of carboxylic acid groups (broad SMARTS) is 1. The number of halogens is 3. The lowest BCUT2D eigenvalue weighted by atomic mass is 10.1. The normalized spacial score (nSPS) is 14.4.